The number of imidazole rings is 1. The summed E-state index contributed by atoms with van der Waals surface area (Å²) in [5.74, 6) is 2.39. The third-order valence-electron chi connectivity index (χ3n) is 6.88. The molecule has 2 aromatic heterocycles. The molecule has 0 aromatic carbocycles. The lowest BCUT2D eigenvalue weighted by Gasteiger charge is -2.59. The van der Waals surface area contributed by atoms with Crippen molar-refractivity contribution in [3.05, 3.63) is 42.3 Å². The number of amides is 1. The first-order valence-electron chi connectivity index (χ1n) is 9.54. The van der Waals surface area contributed by atoms with E-state index < -0.39 is 0 Å². The molecular formula is C20H24N4O2. The van der Waals surface area contributed by atoms with Crippen molar-refractivity contribution in [2.24, 2.45) is 17.8 Å². The van der Waals surface area contributed by atoms with Gasteiger partial charge in [-0.15, -0.1) is 0 Å². The Kier molecular flexibility index (Phi) is 3.39. The number of pyridine rings is 1. The minimum atomic E-state index is -0.0170. The maximum Gasteiger partial charge on any atom is 0.329 e. The molecule has 0 atom stereocenters. The zero-order chi connectivity index (χ0) is 17.9. The van der Waals surface area contributed by atoms with Crippen molar-refractivity contribution in [3.8, 4) is 11.3 Å². The summed E-state index contributed by atoms with van der Waals surface area (Å²) in [6.07, 6.45) is 13.7. The second-order valence-corrected chi connectivity index (χ2v) is 8.60. The van der Waals surface area contributed by atoms with Crippen molar-refractivity contribution < 1.29 is 9.52 Å². The number of nitrogens with zero attached hydrogens (tertiary/aromatic N) is 4. The number of carbonyl (C=O) groups excluding carboxylic acids is 1. The molecule has 136 valence electrons. The van der Waals surface area contributed by atoms with Crippen LogP contribution in [-0.4, -0.2) is 33.1 Å². The third kappa shape index (κ3) is 2.42. The number of aromatic nitrogens is 3. The smallest absolute Gasteiger partial charge is 0.329 e. The molecule has 0 N–H and O–H groups in total. The molecule has 0 spiro atoms. The first kappa shape index (κ1) is 15.9. The summed E-state index contributed by atoms with van der Waals surface area (Å²) in [5.41, 5.74) is 1.38. The van der Waals surface area contributed by atoms with Crippen molar-refractivity contribution in [1.29, 1.82) is 0 Å². The lowest BCUT2D eigenvalue weighted by Crippen LogP contribution is -2.60. The Hall–Kier alpha value is -2.37. The zero-order valence-corrected chi connectivity index (χ0v) is 15.0. The summed E-state index contributed by atoms with van der Waals surface area (Å²) in [6.45, 7) is 0. The third-order valence-corrected chi connectivity index (χ3v) is 6.88. The minimum absolute atomic E-state index is 0.0170. The van der Waals surface area contributed by atoms with Gasteiger partial charge in [0.05, 0.1) is 11.3 Å². The van der Waals surface area contributed by atoms with Gasteiger partial charge < -0.3 is 10.1 Å². The van der Waals surface area contributed by atoms with E-state index in [9.17, 15) is 10.0 Å². The van der Waals surface area contributed by atoms with E-state index in [-0.39, 0.29) is 11.6 Å². The summed E-state index contributed by atoms with van der Waals surface area (Å²) in [4.78, 5) is 19.5. The number of hydrogen-bond donors (Lipinski definition) is 0. The van der Waals surface area contributed by atoms with Crippen molar-refractivity contribution in [3.63, 3.8) is 0 Å². The van der Waals surface area contributed by atoms with Crippen LogP contribution in [0.2, 0.25) is 0 Å². The molecule has 26 heavy (non-hydrogen) atoms. The molecule has 0 saturated heterocycles. The molecule has 1 amide bonds. The van der Waals surface area contributed by atoms with Gasteiger partial charge in [0, 0.05) is 24.8 Å². The van der Waals surface area contributed by atoms with Gasteiger partial charge in [0.1, 0.15) is 6.33 Å². The fraction of sp³-hybridized carbons (Fsp3) is 0.550. The van der Waals surface area contributed by atoms with Crippen molar-refractivity contribution in [2.45, 2.75) is 44.1 Å². The van der Waals surface area contributed by atoms with Crippen LogP contribution in [0.3, 0.4) is 0 Å². The standard InChI is InChI=1S/C20H24N4O2/c1-22(20-8-14-5-15(9-20)7-16(6-14)10-20)19(25)23-12-18(21-13-23)17-3-2-4-24(26)11-17/h2-4,11-16H,5-10H2,1H3. The zero-order valence-electron chi connectivity index (χ0n) is 15.0. The summed E-state index contributed by atoms with van der Waals surface area (Å²) in [5, 5.41) is 11.5. The van der Waals surface area contributed by atoms with Crippen LogP contribution in [-0.2, 0) is 0 Å². The molecule has 4 aliphatic carbocycles. The molecule has 4 bridgehead atoms. The van der Waals surface area contributed by atoms with E-state index in [0.717, 1.165) is 41.7 Å². The van der Waals surface area contributed by atoms with Gasteiger partial charge >= 0.3 is 6.03 Å². The molecule has 6 heteroatoms. The summed E-state index contributed by atoms with van der Waals surface area (Å²) in [6, 6.07) is 3.50. The van der Waals surface area contributed by atoms with Crippen molar-refractivity contribution in [2.75, 3.05) is 7.05 Å². The van der Waals surface area contributed by atoms with Crippen LogP contribution in [0.5, 0.6) is 0 Å². The fourth-order valence-corrected chi connectivity index (χ4v) is 6.03. The van der Waals surface area contributed by atoms with Gasteiger partial charge in [-0.1, -0.05) is 0 Å². The van der Waals surface area contributed by atoms with Gasteiger partial charge in [0.15, 0.2) is 12.4 Å². The average molecular weight is 352 g/mol. The summed E-state index contributed by atoms with van der Waals surface area (Å²) in [7, 11) is 1.96. The molecule has 4 fully saturated rings. The molecule has 6 nitrogen and oxygen atoms in total. The second-order valence-electron chi connectivity index (χ2n) is 8.60. The largest absolute Gasteiger partial charge is 0.619 e. The molecule has 2 heterocycles. The quantitative estimate of drug-likeness (QED) is 0.616. The van der Waals surface area contributed by atoms with Crippen LogP contribution in [0, 0.1) is 23.0 Å². The number of rotatable bonds is 2. The highest BCUT2D eigenvalue weighted by Gasteiger charge is 2.53. The lowest BCUT2D eigenvalue weighted by atomic mass is 9.52. The van der Waals surface area contributed by atoms with Crippen LogP contribution in [0.1, 0.15) is 38.5 Å². The number of hydrogen-bond acceptors (Lipinski definition) is 3. The molecule has 2 aromatic rings. The van der Waals surface area contributed by atoms with Crippen molar-refractivity contribution >= 4 is 6.03 Å². The minimum Gasteiger partial charge on any atom is -0.619 e. The Bertz CT molecular complexity index is 824. The Morgan fingerprint density at radius 2 is 1.92 bits per heavy atom. The van der Waals surface area contributed by atoms with E-state index in [1.165, 1.54) is 31.7 Å². The van der Waals surface area contributed by atoms with Gasteiger partial charge in [0.25, 0.3) is 0 Å². The van der Waals surface area contributed by atoms with Gasteiger partial charge in [-0.3, -0.25) is 4.57 Å². The molecule has 6 rings (SSSR count). The maximum atomic E-state index is 13.2. The molecule has 0 aliphatic heterocycles. The van der Waals surface area contributed by atoms with E-state index in [2.05, 4.69) is 4.98 Å². The van der Waals surface area contributed by atoms with Crippen LogP contribution in [0.4, 0.5) is 4.79 Å². The SMILES string of the molecule is CN(C(=O)n1cnc(-c2ccc[n+]([O-])c2)c1)C12CC3CC(CC(C3)C1)C2. The normalized spacial score (nSPS) is 32.0. The lowest BCUT2D eigenvalue weighted by molar-refractivity contribution is -0.604. The van der Waals surface area contributed by atoms with E-state index in [1.807, 2.05) is 18.0 Å². The van der Waals surface area contributed by atoms with E-state index in [1.54, 1.807) is 23.2 Å². The molecule has 4 aliphatic rings. The Morgan fingerprint density at radius 1 is 1.27 bits per heavy atom. The van der Waals surface area contributed by atoms with Crippen LogP contribution >= 0.6 is 0 Å². The van der Waals surface area contributed by atoms with Crippen LogP contribution in [0.25, 0.3) is 11.3 Å². The van der Waals surface area contributed by atoms with Gasteiger partial charge in [0.2, 0.25) is 0 Å². The highest BCUT2D eigenvalue weighted by Crippen LogP contribution is 2.57. The maximum absolute atomic E-state index is 13.2. The number of carbonyl (C=O) groups is 1. The Morgan fingerprint density at radius 3 is 2.54 bits per heavy atom. The highest BCUT2D eigenvalue weighted by molar-refractivity contribution is 5.78. The summed E-state index contributed by atoms with van der Waals surface area (Å²) < 4.78 is 2.31. The van der Waals surface area contributed by atoms with E-state index in [4.69, 9.17) is 0 Å². The monoisotopic (exact) mass is 352 g/mol. The molecular weight excluding hydrogens is 328 g/mol. The molecule has 4 saturated carbocycles. The predicted molar refractivity (Wildman–Crippen MR) is 96.1 cm³/mol. The van der Waals surface area contributed by atoms with Crippen LogP contribution < -0.4 is 4.73 Å². The first-order valence-corrected chi connectivity index (χ1v) is 9.54. The molecule has 0 unspecified atom stereocenters. The fourth-order valence-electron chi connectivity index (χ4n) is 6.03. The Labute approximate surface area is 153 Å². The topological polar surface area (TPSA) is 65.1 Å². The predicted octanol–water partition coefficient (Wildman–Crippen LogP) is 3.05. The van der Waals surface area contributed by atoms with Crippen molar-refractivity contribution in [1.82, 2.24) is 14.5 Å². The first-order chi connectivity index (χ1) is 12.5. The van der Waals surface area contributed by atoms with E-state index in [0.29, 0.717) is 11.3 Å². The average Bonchev–Trinajstić information content (AvgIpc) is 3.09. The van der Waals surface area contributed by atoms with Gasteiger partial charge in [-0.05, 0) is 62.3 Å². The second kappa shape index (κ2) is 5.56. The van der Waals surface area contributed by atoms with Gasteiger partial charge in [-0.25, -0.2) is 9.78 Å². The highest BCUT2D eigenvalue weighted by atomic mass is 16.5. The summed E-state index contributed by atoms with van der Waals surface area (Å²) >= 11 is 0. The van der Waals surface area contributed by atoms with Gasteiger partial charge in [-0.2, -0.15) is 4.73 Å². The molecule has 0 radical (unpaired) electrons. The Balaban J connectivity index is 1.40. The van der Waals surface area contributed by atoms with Crippen LogP contribution in [0.15, 0.2) is 37.1 Å². The van der Waals surface area contributed by atoms with E-state index >= 15 is 0 Å².